The van der Waals surface area contributed by atoms with Crippen LogP contribution in [0, 0.1) is 11.8 Å². The van der Waals surface area contributed by atoms with Crippen LogP contribution >= 0.6 is 0 Å². The Morgan fingerprint density at radius 1 is 1.56 bits per heavy atom. The maximum atomic E-state index is 10.6. The molecule has 4 heteroatoms. The van der Waals surface area contributed by atoms with E-state index in [0.29, 0.717) is 11.7 Å². The molecule has 1 N–H and O–H groups in total. The van der Waals surface area contributed by atoms with Crippen molar-refractivity contribution in [3.05, 3.63) is 11.9 Å². The van der Waals surface area contributed by atoms with Gasteiger partial charge in [-0.05, 0) is 24.7 Å². The van der Waals surface area contributed by atoms with Crippen molar-refractivity contribution in [3.8, 4) is 5.75 Å². The van der Waals surface area contributed by atoms with E-state index in [4.69, 9.17) is 4.74 Å². The number of rotatable bonds is 4. The molecule has 0 saturated heterocycles. The quantitative estimate of drug-likeness (QED) is 0.896. The van der Waals surface area contributed by atoms with E-state index < -0.39 is 6.10 Å². The second kappa shape index (κ2) is 5.74. The lowest BCUT2D eigenvalue weighted by atomic mass is 9.77. The van der Waals surface area contributed by atoms with Gasteiger partial charge in [-0.2, -0.15) is 5.10 Å². The minimum Gasteiger partial charge on any atom is -0.493 e. The van der Waals surface area contributed by atoms with Crippen molar-refractivity contribution in [2.24, 2.45) is 18.9 Å². The molecule has 18 heavy (non-hydrogen) atoms. The number of ether oxygens (including phenoxy) is 1. The summed E-state index contributed by atoms with van der Waals surface area (Å²) >= 11 is 0. The van der Waals surface area contributed by atoms with Gasteiger partial charge in [-0.25, -0.2) is 0 Å². The highest BCUT2D eigenvalue weighted by Gasteiger charge is 2.31. The van der Waals surface area contributed by atoms with Crippen LogP contribution in [0.25, 0.3) is 0 Å². The molecule has 1 aliphatic rings. The monoisotopic (exact) mass is 252 g/mol. The molecule has 1 aliphatic carbocycles. The number of hydrogen-bond acceptors (Lipinski definition) is 3. The second-order valence-electron chi connectivity index (χ2n) is 5.37. The number of hydrogen-bond donors (Lipinski definition) is 1. The molecule has 0 radical (unpaired) electrons. The molecule has 102 valence electrons. The van der Waals surface area contributed by atoms with E-state index in [1.807, 2.05) is 7.05 Å². The van der Waals surface area contributed by atoms with E-state index >= 15 is 0 Å². The van der Waals surface area contributed by atoms with Crippen LogP contribution < -0.4 is 4.74 Å². The van der Waals surface area contributed by atoms with E-state index in [0.717, 1.165) is 24.5 Å². The first-order valence-corrected chi connectivity index (χ1v) is 6.91. The maximum Gasteiger partial charge on any atom is 0.162 e. The van der Waals surface area contributed by atoms with Crippen molar-refractivity contribution in [3.63, 3.8) is 0 Å². The van der Waals surface area contributed by atoms with Crippen LogP contribution in [0.15, 0.2) is 6.20 Å². The minimum absolute atomic E-state index is 0.341. The number of aromatic nitrogens is 2. The standard InChI is InChI=1S/C14H24N2O2/c1-4-10-6-5-7-11(8-10)14(17)13-12(18-3)9-15-16(13)2/h9-11,14,17H,4-8H2,1-3H3. The van der Waals surface area contributed by atoms with Gasteiger partial charge in [-0.3, -0.25) is 4.68 Å². The summed E-state index contributed by atoms with van der Waals surface area (Å²) < 4.78 is 7.02. The molecule has 3 unspecified atom stereocenters. The van der Waals surface area contributed by atoms with Crippen LogP contribution in [0.5, 0.6) is 5.75 Å². The van der Waals surface area contributed by atoms with Gasteiger partial charge in [0, 0.05) is 7.05 Å². The Balaban J connectivity index is 2.14. The van der Waals surface area contributed by atoms with Gasteiger partial charge in [0.15, 0.2) is 5.75 Å². The predicted octanol–water partition coefficient (Wildman–Crippen LogP) is 2.68. The van der Waals surface area contributed by atoms with Gasteiger partial charge in [0.25, 0.3) is 0 Å². The molecule has 2 rings (SSSR count). The third-order valence-electron chi connectivity index (χ3n) is 4.30. The third-order valence-corrected chi connectivity index (χ3v) is 4.30. The van der Waals surface area contributed by atoms with Crippen LogP contribution in [-0.2, 0) is 7.05 Å². The molecule has 1 aromatic rings. The Kier molecular flexibility index (Phi) is 4.27. The Labute approximate surface area is 109 Å². The minimum atomic E-state index is -0.457. The Morgan fingerprint density at radius 2 is 2.33 bits per heavy atom. The Bertz CT molecular complexity index is 389. The van der Waals surface area contributed by atoms with Crippen molar-refractivity contribution in [1.29, 1.82) is 0 Å². The molecule has 1 aromatic heterocycles. The van der Waals surface area contributed by atoms with Gasteiger partial charge >= 0.3 is 0 Å². The first-order chi connectivity index (χ1) is 8.67. The van der Waals surface area contributed by atoms with E-state index in [2.05, 4.69) is 12.0 Å². The van der Waals surface area contributed by atoms with Crippen molar-refractivity contribution in [1.82, 2.24) is 9.78 Å². The first kappa shape index (κ1) is 13.4. The summed E-state index contributed by atoms with van der Waals surface area (Å²) in [6, 6.07) is 0. The molecule has 1 fully saturated rings. The van der Waals surface area contributed by atoms with Gasteiger partial charge in [0.1, 0.15) is 11.8 Å². The number of aryl methyl sites for hydroxylation is 1. The summed E-state index contributed by atoms with van der Waals surface area (Å²) in [5.41, 5.74) is 0.819. The SMILES string of the molecule is CCC1CCCC(C(O)c2c(OC)cnn2C)C1. The molecule has 1 heterocycles. The number of methoxy groups -OCH3 is 1. The van der Waals surface area contributed by atoms with E-state index in [1.165, 1.54) is 19.3 Å². The van der Waals surface area contributed by atoms with Crippen LogP contribution in [-0.4, -0.2) is 22.0 Å². The lowest BCUT2D eigenvalue weighted by molar-refractivity contribution is 0.0595. The highest BCUT2D eigenvalue weighted by atomic mass is 16.5. The summed E-state index contributed by atoms with van der Waals surface area (Å²) in [5, 5.41) is 14.8. The zero-order valence-corrected chi connectivity index (χ0v) is 11.6. The van der Waals surface area contributed by atoms with Crippen LogP contribution in [0.1, 0.15) is 50.8 Å². The number of nitrogens with zero attached hydrogens (tertiary/aromatic N) is 2. The molecule has 0 bridgehead atoms. The topological polar surface area (TPSA) is 47.3 Å². The predicted molar refractivity (Wildman–Crippen MR) is 70.5 cm³/mol. The lowest BCUT2D eigenvalue weighted by Gasteiger charge is -2.31. The van der Waals surface area contributed by atoms with E-state index in [9.17, 15) is 5.11 Å². The molecule has 4 nitrogen and oxygen atoms in total. The van der Waals surface area contributed by atoms with E-state index in [-0.39, 0.29) is 0 Å². The number of aliphatic hydroxyl groups excluding tert-OH is 1. The summed E-state index contributed by atoms with van der Waals surface area (Å²) in [7, 11) is 3.49. The third kappa shape index (κ3) is 2.53. The molecule has 0 spiro atoms. The zero-order valence-electron chi connectivity index (χ0n) is 11.6. The van der Waals surface area contributed by atoms with Gasteiger partial charge < -0.3 is 9.84 Å². The Hall–Kier alpha value is -1.03. The molecule has 3 atom stereocenters. The molecular formula is C14H24N2O2. The largest absolute Gasteiger partial charge is 0.493 e. The molecule has 0 aromatic carbocycles. The smallest absolute Gasteiger partial charge is 0.162 e. The zero-order chi connectivity index (χ0) is 13.1. The molecule has 0 amide bonds. The van der Waals surface area contributed by atoms with Crippen LogP contribution in [0.4, 0.5) is 0 Å². The number of aliphatic hydroxyl groups is 1. The summed E-state index contributed by atoms with van der Waals surface area (Å²) in [6.45, 7) is 2.24. The fraction of sp³-hybridized carbons (Fsp3) is 0.786. The van der Waals surface area contributed by atoms with E-state index in [1.54, 1.807) is 18.0 Å². The summed E-state index contributed by atoms with van der Waals surface area (Å²) in [5.74, 6) is 1.80. The van der Waals surface area contributed by atoms with Crippen molar-refractivity contribution >= 4 is 0 Å². The normalized spacial score (nSPS) is 26.0. The fourth-order valence-corrected chi connectivity index (χ4v) is 3.13. The van der Waals surface area contributed by atoms with Gasteiger partial charge in [-0.1, -0.05) is 26.2 Å². The fourth-order valence-electron chi connectivity index (χ4n) is 3.13. The van der Waals surface area contributed by atoms with Crippen molar-refractivity contribution < 1.29 is 9.84 Å². The van der Waals surface area contributed by atoms with Gasteiger partial charge in [0.05, 0.1) is 13.3 Å². The maximum absolute atomic E-state index is 10.6. The first-order valence-electron chi connectivity index (χ1n) is 6.91. The Morgan fingerprint density at radius 3 is 3.00 bits per heavy atom. The average Bonchev–Trinajstić information content (AvgIpc) is 2.79. The second-order valence-corrected chi connectivity index (χ2v) is 5.37. The van der Waals surface area contributed by atoms with Gasteiger partial charge in [-0.15, -0.1) is 0 Å². The lowest BCUT2D eigenvalue weighted by Crippen LogP contribution is -2.23. The average molecular weight is 252 g/mol. The highest BCUT2D eigenvalue weighted by molar-refractivity contribution is 5.27. The molecule has 0 aliphatic heterocycles. The van der Waals surface area contributed by atoms with Crippen LogP contribution in [0.2, 0.25) is 0 Å². The van der Waals surface area contributed by atoms with Crippen LogP contribution in [0.3, 0.4) is 0 Å². The molecule has 1 saturated carbocycles. The van der Waals surface area contributed by atoms with Gasteiger partial charge in [0.2, 0.25) is 0 Å². The summed E-state index contributed by atoms with van der Waals surface area (Å²) in [4.78, 5) is 0. The summed E-state index contributed by atoms with van der Waals surface area (Å²) in [6.07, 6.45) is 7.19. The highest BCUT2D eigenvalue weighted by Crippen LogP contribution is 2.40. The van der Waals surface area contributed by atoms with Crippen molar-refractivity contribution in [2.75, 3.05) is 7.11 Å². The van der Waals surface area contributed by atoms with Crippen molar-refractivity contribution in [2.45, 2.75) is 45.1 Å². The molecular weight excluding hydrogens is 228 g/mol.